The Morgan fingerprint density at radius 3 is 2.72 bits per heavy atom. The molecule has 1 aromatic carbocycles. The Hall–Kier alpha value is -3.17. The molecule has 0 aliphatic carbocycles. The molecule has 4 aromatic heterocycles. The van der Waals surface area contributed by atoms with E-state index in [4.69, 9.17) is 8.94 Å². The van der Waals surface area contributed by atoms with Crippen molar-refractivity contribution >= 4 is 23.1 Å². The van der Waals surface area contributed by atoms with E-state index in [1.807, 2.05) is 52.4 Å². The molecular weight excluding hydrogens is 406 g/mol. The van der Waals surface area contributed by atoms with E-state index in [2.05, 4.69) is 32.5 Å². The van der Waals surface area contributed by atoms with Crippen molar-refractivity contribution in [2.24, 2.45) is 0 Å². The summed E-state index contributed by atoms with van der Waals surface area (Å²) in [6.45, 7) is 0.635. The highest BCUT2D eigenvalue weighted by atomic mass is 32.2. The maximum Gasteiger partial charge on any atom is 0.237 e. The monoisotopic (exact) mass is 421 g/mol. The summed E-state index contributed by atoms with van der Waals surface area (Å²) in [5.41, 5.74) is 1.15. The number of rotatable bonds is 7. The molecule has 0 fully saturated rings. The van der Waals surface area contributed by atoms with Crippen molar-refractivity contribution in [1.82, 2.24) is 24.9 Å². The van der Waals surface area contributed by atoms with Crippen LogP contribution in [-0.4, -0.2) is 24.9 Å². The number of thioether (sulfide) groups is 1. The van der Waals surface area contributed by atoms with Crippen LogP contribution in [0.15, 0.2) is 80.3 Å². The number of benzene rings is 1. The zero-order valence-corrected chi connectivity index (χ0v) is 16.8. The number of furan rings is 1. The smallest absolute Gasteiger partial charge is 0.237 e. The zero-order chi connectivity index (χ0) is 19.5. The number of hydrogen-bond donors (Lipinski definition) is 0. The predicted molar refractivity (Wildman–Crippen MR) is 110 cm³/mol. The highest BCUT2D eigenvalue weighted by Gasteiger charge is 2.18. The largest absolute Gasteiger partial charge is 0.461 e. The zero-order valence-electron chi connectivity index (χ0n) is 15.1. The van der Waals surface area contributed by atoms with E-state index in [1.165, 1.54) is 11.8 Å². The molecule has 0 amide bonds. The molecular formula is C20H15N5O2S2. The molecule has 0 saturated heterocycles. The van der Waals surface area contributed by atoms with Crippen molar-refractivity contribution < 1.29 is 8.94 Å². The van der Waals surface area contributed by atoms with E-state index in [0.29, 0.717) is 35.6 Å². The number of hydrogen-bond acceptors (Lipinski definition) is 8. The van der Waals surface area contributed by atoms with Crippen molar-refractivity contribution in [3.8, 4) is 22.3 Å². The fourth-order valence-electron chi connectivity index (χ4n) is 2.84. The maximum absolute atomic E-state index is 5.55. The lowest BCUT2D eigenvalue weighted by Gasteiger charge is -2.08. The molecule has 0 N–H and O–H groups in total. The summed E-state index contributed by atoms with van der Waals surface area (Å²) in [6, 6.07) is 17.8. The molecule has 0 saturated carbocycles. The Labute approximate surface area is 174 Å². The predicted octanol–water partition coefficient (Wildman–Crippen LogP) is 4.99. The molecule has 5 rings (SSSR count). The Kier molecular flexibility index (Phi) is 4.97. The van der Waals surface area contributed by atoms with E-state index in [0.717, 1.165) is 15.6 Å². The van der Waals surface area contributed by atoms with E-state index in [-0.39, 0.29) is 0 Å². The van der Waals surface area contributed by atoms with Crippen LogP contribution in [-0.2, 0) is 12.3 Å². The molecule has 0 aliphatic heterocycles. The summed E-state index contributed by atoms with van der Waals surface area (Å²) in [5, 5.41) is 15.5. The van der Waals surface area contributed by atoms with Crippen LogP contribution in [0.3, 0.4) is 0 Å². The maximum atomic E-state index is 5.55. The van der Waals surface area contributed by atoms with Crippen molar-refractivity contribution in [3.63, 3.8) is 0 Å². The third-order valence-corrected chi connectivity index (χ3v) is 5.99. The van der Waals surface area contributed by atoms with Crippen LogP contribution in [0.4, 0.5) is 0 Å². The van der Waals surface area contributed by atoms with Gasteiger partial charge in [-0.2, -0.15) is 4.98 Å². The number of nitrogens with zero attached hydrogens (tertiary/aromatic N) is 5. The first-order chi connectivity index (χ1) is 14.4. The average molecular weight is 422 g/mol. The first-order valence-corrected chi connectivity index (χ1v) is 10.7. The van der Waals surface area contributed by atoms with Gasteiger partial charge in [-0.25, -0.2) is 0 Å². The Bertz CT molecular complexity index is 1180. The third-order valence-electron chi connectivity index (χ3n) is 4.18. The van der Waals surface area contributed by atoms with Gasteiger partial charge in [0.2, 0.25) is 17.5 Å². The van der Waals surface area contributed by atoms with Crippen LogP contribution in [0.5, 0.6) is 0 Å². The van der Waals surface area contributed by atoms with Crippen LogP contribution in [0.1, 0.15) is 11.5 Å². The second-order valence-electron chi connectivity index (χ2n) is 6.13. The van der Waals surface area contributed by atoms with Crippen LogP contribution in [0.25, 0.3) is 22.3 Å². The van der Waals surface area contributed by atoms with Crippen molar-refractivity contribution in [1.29, 1.82) is 0 Å². The van der Waals surface area contributed by atoms with Gasteiger partial charge in [-0.15, -0.1) is 21.5 Å². The lowest BCUT2D eigenvalue weighted by atomic mass is 10.2. The molecule has 5 aromatic rings. The number of thiophene rings is 1. The molecule has 7 nitrogen and oxygen atoms in total. The Balaban J connectivity index is 1.39. The first-order valence-electron chi connectivity index (χ1n) is 8.87. The average Bonchev–Trinajstić information content (AvgIpc) is 3.54. The standard InChI is InChI=1S/C20H15N5O2S2/c1-2-6-14(7-3-1)12-25-19(15-8-4-10-26-15)22-23-20(25)29-13-17-21-18(24-27-17)16-9-5-11-28-16/h1-11H,12-13H2. The van der Waals surface area contributed by atoms with Gasteiger partial charge in [0.15, 0.2) is 10.9 Å². The van der Waals surface area contributed by atoms with E-state index in [1.54, 1.807) is 17.6 Å². The van der Waals surface area contributed by atoms with Crippen LogP contribution in [0.2, 0.25) is 0 Å². The van der Waals surface area contributed by atoms with Crippen molar-refractivity contribution in [2.75, 3.05) is 0 Å². The second-order valence-corrected chi connectivity index (χ2v) is 8.02. The molecule has 0 spiro atoms. The van der Waals surface area contributed by atoms with Gasteiger partial charge in [0.05, 0.1) is 23.4 Å². The minimum Gasteiger partial charge on any atom is -0.461 e. The van der Waals surface area contributed by atoms with E-state index >= 15 is 0 Å². The quantitative estimate of drug-likeness (QED) is 0.342. The van der Waals surface area contributed by atoms with Crippen molar-refractivity contribution in [3.05, 3.63) is 77.7 Å². The summed E-state index contributed by atoms with van der Waals surface area (Å²) in [6.07, 6.45) is 1.63. The summed E-state index contributed by atoms with van der Waals surface area (Å²) < 4.78 is 13.0. The second kappa shape index (κ2) is 8.06. The van der Waals surface area contributed by atoms with Gasteiger partial charge >= 0.3 is 0 Å². The van der Waals surface area contributed by atoms with Gasteiger partial charge in [-0.1, -0.05) is 53.3 Å². The molecule has 0 unspecified atom stereocenters. The van der Waals surface area contributed by atoms with Gasteiger partial charge < -0.3 is 8.94 Å². The summed E-state index contributed by atoms with van der Waals surface area (Å²) in [4.78, 5) is 5.46. The summed E-state index contributed by atoms with van der Waals surface area (Å²) in [5.74, 6) is 3.03. The lowest BCUT2D eigenvalue weighted by Crippen LogP contribution is -2.04. The van der Waals surface area contributed by atoms with Crippen LogP contribution in [0, 0.1) is 0 Å². The van der Waals surface area contributed by atoms with E-state index < -0.39 is 0 Å². The first kappa shape index (κ1) is 17.9. The van der Waals surface area contributed by atoms with Gasteiger partial charge in [0.25, 0.3) is 0 Å². The highest BCUT2D eigenvalue weighted by molar-refractivity contribution is 7.98. The summed E-state index contributed by atoms with van der Waals surface area (Å²) in [7, 11) is 0. The molecule has 9 heteroatoms. The van der Waals surface area contributed by atoms with Gasteiger partial charge in [-0.3, -0.25) is 4.57 Å². The molecule has 0 bridgehead atoms. The van der Waals surface area contributed by atoms with Crippen molar-refractivity contribution in [2.45, 2.75) is 17.5 Å². The Morgan fingerprint density at radius 2 is 1.93 bits per heavy atom. The van der Waals surface area contributed by atoms with Gasteiger partial charge in [0, 0.05) is 0 Å². The van der Waals surface area contributed by atoms with Gasteiger partial charge in [-0.05, 0) is 29.1 Å². The molecule has 0 atom stereocenters. The highest BCUT2D eigenvalue weighted by Crippen LogP contribution is 2.28. The molecule has 144 valence electrons. The normalized spacial score (nSPS) is 11.2. The topological polar surface area (TPSA) is 82.8 Å². The van der Waals surface area contributed by atoms with Crippen LogP contribution >= 0.6 is 23.1 Å². The van der Waals surface area contributed by atoms with Gasteiger partial charge in [0.1, 0.15) is 0 Å². The lowest BCUT2D eigenvalue weighted by molar-refractivity contribution is 0.391. The fourth-order valence-corrected chi connectivity index (χ4v) is 4.26. The minimum absolute atomic E-state index is 0.503. The molecule has 0 radical (unpaired) electrons. The minimum atomic E-state index is 0.503. The SMILES string of the molecule is c1ccc(Cn2c(SCc3nc(-c4cccs4)no3)nnc2-c2ccco2)cc1. The fraction of sp³-hybridized carbons (Fsp3) is 0.100. The van der Waals surface area contributed by atoms with E-state index in [9.17, 15) is 0 Å². The molecule has 4 heterocycles. The number of aromatic nitrogens is 5. The third kappa shape index (κ3) is 3.87. The molecule has 0 aliphatic rings. The Morgan fingerprint density at radius 1 is 1.00 bits per heavy atom. The molecule has 29 heavy (non-hydrogen) atoms. The summed E-state index contributed by atoms with van der Waals surface area (Å²) >= 11 is 3.08. The van der Waals surface area contributed by atoms with Crippen LogP contribution < -0.4 is 0 Å².